The van der Waals surface area contributed by atoms with E-state index in [1.807, 2.05) is 0 Å². The molecule has 1 amide bonds. The van der Waals surface area contributed by atoms with Gasteiger partial charge in [0, 0.05) is 5.69 Å². The molecule has 0 saturated carbocycles. The number of rotatable bonds is 3. The van der Waals surface area contributed by atoms with Crippen LogP contribution in [0.25, 0.3) is 0 Å². The zero-order valence-electron chi connectivity index (χ0n) is 10.8. The first kappa shape index (κ1) is 14.8. The third kappa shape index (κ3) is 4.20. The van der Waals surface area contributed by atoms with E-state index in [1.54, 1.807) is 24.3 Å². The lowest BCUT2D eigenvalue weighted by atomic mass is 10.1. The summed E-state index contributed by atoms with van der Waals surface area (Å²) in [5.74, 6) is -0.346. The summed E-state index contributed by atoms with van der Waals surface area (Å²) < 4.78 is 37.0. The van der Waals surface area contributed by atoms with Crippen molar-refractivity contribution >= 4 is 17.3 Å². The molecule has 2 rings (SSSR count). The van der Waals surface area contributed by atoms with Gasteiger partial charge in [0.2, 0.25) is 5.91 Å². The average Bonchev–Trinajstić information content (AvgIpc) is 2.41. The predicted molar refractivity (Wildman–Crippen MR) is 72.4 cm³/mol. The number of alkyl halides is 3. The molecule has 0 fully saturated rings. The van der Waals surface area contributed by atoms with Crippen LogP contribution in [-0.4, -0.2) is 10.9 Å². The van der Waals surface area contributed by atoms with Gasteiger partial charge in [-0.1, -0.05) is 12.1 Å². The molecule has 1 aromatic carbocycles. The van der Waals surface area contributed by atoms with Crippen molar-refractivity contribution in [3.8, 4) is 0 Å². The number of hydrogen-bond acceptors (Lipinski definition) is 3. The van der Waals surface area contributed by atoms with Gasteiger partial charge in [-0.25, -0.2) is 4.98 Å². The van der Waals surface area contributed by atoms with E-state index in [1.165, 1.54) is 0 Å². The van der Waals surface area contributed by atoms with Crippen molar-refractivity contribution in [1.82, 2.24) is 4.98 Å². The summed E-state index contributed by atoms with van der Waals surface area (Å²) in [6.07, 6.45) is -3.42. The maximum absolute atomic E-state index is 12.3. The molecule has 21 heavy (non-hydrogen) atoms. The van der Waals surface area contributed by atoms with Crippen molar-refractivity contribution in [2.75, 3.05) is 11.1 Å². The first-order valence-corrected chi connectivity index (χ1v) is 6.02. The molecule has 110 valence electrons. The van der Waals surface area contributed by atoms with E-state index >= 15 is 0 Å². The molecule has 7 heteroatoms. The number of nitrogens with zero attached hydrogens (tertiary/aromatic N) is 1. The number of halogens is 3. The number of carbonyl (C=O) groups excluding carboxylic acids is 1. The SMILES string of the molecule is Nc1ccc(CC(=O)Nc2ccc(C(F)(F)F)nc2)cc1. The molecule has 0 bridgehead atoms. The zero-order chi connectivity index (χ0) is 15.5. The molecule has 4 nitrogen and oxygen atoms in total. The number of benzene rings is 1. The summed E-state index contributed by atoms with van der Waals surface area (Å²) in [4.78, 5) is 15.0. The Bertz CT molecular complexity index is 621. The van der Waals surface area contributed by atoms with Gasteiger partial charge in [0.25, 0.3) is 0 Å². The van der Waals surface area contributed by atoms with Crippen molar-refractivity contribution in [3.63, 3.8) is 0 Å². The second-order valence-corrected chi connectivity index (χ2v) is 4.40. The van der Waals surface area contributed by atoms with Crippen LogP contribution in [0, 0.1) is 0 Å². The van der Waals surface area contributed by atoms with Gasteiger partial charge in [-0.05, 0) is 29.8 Å². The summed E-state index contributed by atoms with van der Waals surface area (Å²) in [5.41, 5.74) is 6.08. The Morgan fingerprint density at radius 2 is 1.81 bits per heavy atom. The van der Waals surface area contributed by atoms with Crippen molar-refractivity contribution < 1.29 is 18.0 Å². The van der Waals surface area contributed by atoms with E-state index < -0.39 is 11.9 Å². The quantitative estimate of drug-likeness (QED) is 0.856. The number of carbonyl (C=O) groups is 1. The van der Waals surface area contributed by atoms with Crippen molar-refractivity contribution in [2.24, 2.45) is 0 Å². The molecule has 0 unspecified atom stereocenters. The molecule has 0 aliphatic carbocycles. The molecule has 1 heterocycles. The molecule has 0 aliphatic heterocycles. The average molecular weight is 295 g/mol. The highest BCUT2D eigenvalue weighted by atomic mass is 19.4. The molecular formula is C14H12F3N3O. The monoisotopic (exact) mass is 295 g/mol. The molecule has 0 aliphatic rings. The highest BCUT2D eigenvalue weighted by Gasteiger charge is 2.32. The Balaban J connectivity index is 1.98. The maximum Gasteiger partial charge on any atom is 0.433 e. The Hall–Kier alpha value is -2.57. The highest BCUT2D eigenvalue weighted by Crippen LogP contribution is 2.27. The largest absolute Gasteiger partial charge is 0.433 e. The first-order valence-electron chi connectivity index (χ1n) is 6.02. The number of pyridine rings is 1. The summed E-state index contributed by atoms with van der Waals surface area (Å²) in [7, 11) is 0. The third-order valence-electron chi connectivity index (χ3n) is 2.68. The number of aromatic nitrogens is 1. The smallest absolute Gasteiger partial charge is 0.399 e. The van der Waals surface area contributed by atoms with Crippen LogP contribution in [0.15, 0.2) is 42.6 Å². The van der Waals surface area contributed by atoms with Gasteiger partial charge in [-0.15, -0.1) is 0 Å². The lowest BCUT2D eigenvalue weighted by Gasteiger charge is -2.08. The fourth-order valence-electron chi connectivity index (χ4n) is 1.66. The van der Waals surface area contributed by atoms with E-state index in [0.29, 0.717) is 5.69 Å². The molecule has 0 atom stereocenters. The van der Waals surface area contributed by atoms with Gasteiger partial charge in [0.05, 0.1) is 18.3 Å². The lowest BCUT2D eigenvalue weighted by molar-refractivity contribution is -0.141. The highest BCUT2D eigenvalue weighted by molar-refractivity contribution is 5.92. The first-order chi connectivity index (χ1) is 9.84. The lowest BCUT2D eigenvalue weighted by Crippen LogP contribution is -2.15. The van der Waals surface area contributed by atoms with E-state index in [-0.39, 0.29) is 18.0 Å². The second-order valence-electron chi connectivity index (χ2n) is 4.40. The fraction of sp³-hybridized carbons (Fsp3) is 0.143. The summed E-state index contributed by atoms with van der Waals surface area (Å²) in [6.45, 7) is 0. The zero-order valence-corrected chi connectivity index (χ0v) is 10.8. The van der Waals surface area contributed by atoms with Crippen molar-refractivity contribution in [2.45, 2.75) is 12.6 Å². The molecule has 0 spiro atoms. The Labute approximate surface area is 118 Å². The Morgan fingerprint density at radius 3 is 2.33 bits per heavy atom. The van der Waals surface area contributed by atoms with E-state index in [0.717, 1.165) is 23.9 Å². The number of nitrogen functional groups attached to an aromatic ring is 1. The second kappa shape index (κ2) is 5.82. The van der Waals surface area contributed by atoms with Gasteiger partial charge in [-0.3, -0.25) is 4.79 Å². The minimum Gasteiger partial charge on any atom is -0.399 e. The molecule has 2 aromatic rings. The van der Waals surface area contributed by atoms with E-state index in [9.17, 15) is 18.0 Å². The third-order valence-corrected chi connectivity index (χ3v) is 2.68. The van der Waals surface area contributed by atoms with Crippen LogP contribution in [0.3, 0.4) is 0 Å². The number of nitrogens with one attached hydrogen (secondary N) is 1. The van der Waals surface area contributed by atoms with Crippen LogP contribution in [0.4, 0.5) is 24.5 Å². The normalized spacial score (nSPS) is 11.2. The van der Waals surface area contributed by atoms with Crippen LogP contribution >= 0.6 is 0 Å². The standard InChI is InChI=1S/C14H12F3N3O/c15-14(16,17)12-6-5-11(8-19-12)20-13(21)7-9-1-3-10(18)4-2-9/h1-6,8H,7,18H2,(H,20,21). The van der Waals surface area contributed by atoms with Gasteiger partial charge < -0.3 is 11.1 Å². The Morgan fingerprint density at radius 1 is 1.14 bits per heavy atom. The van der Waals surface area contributed by atoms with Crippen LogP contribution in [-0.2, 0) is 17.4 Å². The number of amides is 1. The number of nitrogens with two attached hydrogens (primary N) is 1. The summed E-state index contributed by atoms with van der Waals surface area (Å²) >= 11 is 0. The van der Waals surface area contributed by atoms with Crippen LogP contribution in [0.1, 0.15) is 11.3 Å². The minimum absolute atomic E-state index is 0.0985. The van der Waals surface area contributed by atoms with E-state index in [2.05, 4.69) is 10.3 Å². The van der Waals surface area contributed by atoms with Gasteiger partial charge in [0.1, 0.15) is 5.69 Å². The molecular weight excluding hydrogens is 283 g/mol. The summed E-state index contributed by atoms with van der Waals surface area (Å²) in [5, 5.41) is 2.48. The molecule has 3 N–H and O–H groups in total. The van der Waals surface area contributed by atoms with Crippen molar-refractivity contribution in [3.05, 3.63) is 53.9 Å². The van der Waals surface area contributed by atoms with Gasteiger partial charge in [0.15, 0.2) is 0 Å². The van der Waals surface area contributed by atoms with Crippen LogP contribution in [0.2, 0.25) is 0 Å². The van der Waals surface area contributed by atoms with Crippen LogP contribution < -0.4 is 11.1 Å². The minimum atomic E-state index is -4.49. The van der Waals surface area contributed by atoms with Crippen molar-refractivity contribution in [1.29, 1.82) is 0 Å². The van der Waals surface area contributed by atoms with Gasteiger partial charge >= 0.3 is 6.18 Å². The molecule has 0 radical (unpaired) electrons. The van der Waals surface area contributed by atoms with Crippen LogP contribution in [0.5, 0.6) is 0 Å². The number of anilines is 2. The topological polar surface area (TPSA) is 68.0 Å². The predicted octanol–water partition coefficient (Wildman–Crippen LogP) is 2.86. The summed E-state index contributed by atoms with van der Waals surface area (Å²) in [6, 6.07) is 8.74. The fourth-order valence-corrected chi connectivity index (χ4v) is 1.66. The molecule has 1 aromatic heterocycles. The Kier molecular flexibility index (Phi) is 4.11. The maximum atomic E-state index is 12.3. The number of hydrogen-bond donors (Lipinski definition) is 2. The van der Waals surface area contributed by atoms with E-state index in [4.69, 9.17) is 5.73 Å². The van der Waals surface area contributed by atoms with Gasteiger partial charge in [-0.2, -0.15) is 13.2 Å². The molecule has 0 saturated heterocycles.